The molecule has 1 aliphatic rings. The Labute approximate surface area is 189 Å². The first-order valence-corrected chi connectivity index (χ1v) is 10.3. The van der Waals surface area contributed by atoms with Crippen molar-refractivity contribution in [2.24, 2.45) is 0 Å². The zero-order valence-corrected chi connectivity index (χ0v) is 19.2. The minimum Gasteiger partial charge on any atom is -0.450 e. The van der Waals surface area contributed by atoms with Gasteiger partial charge in [-0.05, 0) is 57.4 Å². The summed E-state index contributed by atoms with van der Waals surface area (Å²) in [5, 5.41) is 11.3. The molecule has 0 aromatic carbocycles. The number of aliphatic hydroxyl groups is 1. The highest BCUT2D eigenvalue weighted by molar-refractivity contribution is 5.93. The number of ketones is 2. The Morgan fingerprint density at radius 3 is 2.34 bits per heavy atom. The topological polar surface area (TPSA) is 119 Å². The van der Waals surface area contributed by atoms with E-state index in [1.165, 1.54) is 26.8 Å². The van der Waals surface area contributed by atoms with Gasteiger partial charge in [0.15, 0.2) is 6.10 Å². The summed E-state index contributed by atoms with van der Waals surface area (Å²) < 4.78 is 9.91. The summed E-state index contributed by atoms with van der Waals surface area (Å²) in [6, 6.07) is -0.00919. The first kappa shape index (κ1) is 28.6. The van der Waals surface area contributed by atoms with Crippen molar-refractivity contribution in [1.82, 2.24) is 5.32 Å². The lowest BCUT2D eigenvalue weighted by Crippen LogP contribution is -2.36. The van der Waals surface area contributed by atoms with Crippen LogP contribution >= 0.6 is 0 Å². The molecule has 0 aliphatic heterocycles. The zero-order chi connectivity index (χ0) is 24.5. The zero-order valence-electron chi connectivity index (χ0n) is 19.2. The minimum atomic E-state index is -0.695. The van der Waals surface area contributed by atoms with Crippen LogP contribution in [0.4, 0.5) is 4.79 Å². The van der Waals surface area contributed by atoms with Crippen molar-refractivity contribution in [3.63, 3.8) is 0 Å². The highest BCUT2D eigenvalue weighted by atomic mass is 16.5. The molecule has 32 heavy (non-hydrogen) atoms. The van der Waals surface area contributed by atoms with Gasteiger partial charge in [0.2, 0.25) is 11.6 Å². The van der Waals surface area contributed by atoms with Gasteiger partial charge in [-0.15, -0.1) is 0 Å². The fraction of sp³-hybridized carbons (Fsp3) is 0.500. The Kier molecular flexibility index (Phi) is 14.6. The number of hydrogen-bond acceptors (Lipinski definition) is 7. The lowest BCUT2D eigenvalue weighted by molar-refractivity contribution is -0.139. The van der Waals surface area contributed by atoms with E-state index in [1.54, 1.807) is 19.9 Å². The molecule has 174 valence electrons. The Bertz CT molecular complexity index is 847. The average Bonchev–Trinajstić information content (AvgIpc) is 2.70. The van der Waals surface area contributed by atoms with Gasteiger partial charge in [0.05, 0.1) is 6.61 Å². The van der Waals surface area contributed by atoms with Gasteiger partial charge in [-0.1, -0.05) is 24.0 Å². The molecule has 1 amide bonds. The molecule has 0 fully saturated rings. The number of carbonyl (C=O) groups is 4. The summed E-state index contributed by atoms with van der Waals surface area (Å²) in [4.78, 5) is 43.9. The number of hydrogen-bond donors (Lipinski definition) is 2. The average molecular weight is 446 g/mol. The van der Waals surface area contributed by atoms with E-state index in [-0.39, 0.29) is 17.6 Å². The van der Waals surface area contributed by atoms with E-state index in [4.69, 9.17) is 14.6 Å². The van der Waals surface area contributed by atoms with E-state index in [0.717, 1.165) is 18.4 Å². The molecule has 1 aliphatic carbocycles. The summed E-state index contributed by atoms with van der Waals surface area (Å²) in [6.07, 6.45) is 5.52. The SMILES string of the molecule is CC(=O)C#C[C@@H](C)O.CCOC(=O)N[C@@H]1CCC=C(/C=C/C(=O)O[C@H](C)C#CC(C)=O)C1. The quantitative estimate of drug-likeness (QED) is 0.288. The molecule has 0 saturated carbocycles. The van der Waals surface area contributed by atoms with E-state index < -0.39 is 24.3 Å². The Morgan fingerprint density at radius 1 is 1.19 bits per heavy atom. The van der Waals surface area contributed by atoms with Crippen molar-refractivity contribution >= 4 is 23.6 Å². The second kappa shape index (κ2) is 16.3. The summed E-state index contributed by atoms with van der Waals surface area (Å²) >= 11 is 0. The van der Waals surface area contributed by atoms with E-state index >= 15 is 0 Å². The number of aliphatic hydroxyl groups excluding tert-OH is 1. The van der Waals surface area contributed by atoms with Crippen LogP contribution in [0.25, 0.3) is 0 Å². The number of ether oxygens (including phenoxy) is 2. The second-order valence-corrected chi connectivity index (χ2v) is 6.86. The van der Waals surface area contributed by atoms with Crippen LogP contribution in [0.5, 0.6) is 0 Å². The molecule has 8 nitrogen and oxygen atoms in total. The molecular weight excluding hydrogens is 414 g/mol. The number of esters is 1. The molecule has 2 N–H and O–H groups in total. The van der Waals surface area contributed by atoms with Crippen LogP contribution in [-0.2, 0) is 23.9 Å². The lowest BCUT2D eigenvalue weighted by Gasteiger charge is -2.22. The molecule has 1 rings (SSSR count). The Hall–Kier alpha value is -3.36. The minimum absolute atomic E-state index is 0.00919. The fourth-order valence-corrected chi connectivity index (χ4v) is 2.37. The third-order valence-electron chi connectivity index (χ3n) is 3.64. The summed E-state index contributed by atoms with van der Waals surface area (Å²) in [6.45, 7) is 7.89. The summed E-state index contributed by atoms with van der Waals surface area (Å²) in [7, 11) is 0. The fourth-order valence-electron chi connectivity index (χ4n) is 2.37. The second-order valence-electron chi connectivity index (χ2n) is 6.86. The van der Waals surface area contributed by atoms with Gasteiger partial charge in [-0.3, -0.25) is 9.59 Å². The van der Waals surface area contributed by atoms with Crippen LogP contribution in [0.3, 0.4) is 0 Å². The number of allylic oxidation sites excluding steroid dienone is 2. The van der Waals surface area contributed by atoms with Gasteiger partial charge in [0, 0.05) is 26.0 Å². The Morgan fingerprint density at radius 2 is 1.81 bits per heavy atom. The van der Waals surface area contributed by atoms with Crippen molar-refractivity contribution in [1.29, 1.82) is 0 Å². The number of amides is 1. The van der Waals surface area contributed by atoms with Gasteiger partial charge in [-0.2, -0.15) is 0 Å². The predicted molar refractivity (Wildman–Crippen MR) is 119 cm³/mol. The molecule has 8 heteroatoms. The molecular formula is C24H31NO7. The van der Waals surface area contributed by atoms with Gasteiger partial charge in [-0.25, -0.2) is 9.59 Å². The van der Waals surface area contributed by atoms with Crippen molar-refractivity contribution in [3.05, 3.63) is 23.8 Å². The molecule has 0 radical (unpaired) electrons. The van der Waals surface area contributed by atoms with Crippen LogP contribution in [0.15, 0.2) is 23.8 Å². The molecule has 0 saturated heterocycles. The number of rotatable bonds is 5. The van der Waals surface area contributed by atoms with Crippen molar-refractivity contribution in [3.8, 4) is 23.7 Å². The van der Waals surface area contributed by atoms with Crippen LogP contribution < -0.4 is 5.32 Å². The third-order valence-corrected chi connectivity index (χ3v) is 3.64. The molecule has 0 bridgehead atoms. The largest absolute Gasteiger partial charge is 0.450 e. The van der Waals surface area contributed by atoms with Crippen molar-refractivity contribution in [2.75, 3.05) is 6.61 Å². The van der Waals surface area contributed by atoms with Crippen LogP contribution in [0.2, 0.25) is 0 Å². The molecule has 0 heterocycles. The van der Waals surface area contributed by atoms with E-state index in [9.17, 15) is 19.2 Å². The van der Waals surface area contributed by atoms with E-state index in [2.05, 4.69) is 29.0 Å². The van der Waals surface area contributed by atoms with Crippen LogP contribution in [-0.4, -0.2) is 53.6 Å². The van der Waals surface area contributed by atoms with Gasteiger partial charge in [0.25, 0.3) is 0 Å². The maximum atomic E-state index is 11.7. The predicted octanol–water partition coefficient (Wildman–Crippen LogP) is 2.25. The molecule has 0 aromatic heterocycles. The van der Waals surface area contributed by atoms with Crippen LogP contribution in [0, 0.1) is 23.7 Å². The van der Waals surface area contributed by atoms with Gasteiger partial charge < -0.3 is 19.9 Å². The van der Waals surface area contributed by atoms with E-state index in [0.29, 0.717) is 13.0 Å². The summed E-state index contributed by atoms with van der Waals surface area (Å²) in [5.74, 6) is 8.36. The number of nitrogens with one attached hydrogen (secondary N) is 1. The van der Waals surface area contributed by atoms with Crippen molar-refractivity contribution < 1.29 is 33.8 Å². The highest BCUT2D eigenvalue weighted by Crippen LogP contribution is 2.19. The third kappa shape index (κ3) is 16.4. The molecule has 0 spiro atoms. The maximum Gasteiger partial charge on any atom is 0.407 e. The number of alkyl carbamates (subject to hydrolysis) is 1. The summed E-state index contributed by atoms with van der Waals surface area (Å²) in [5.41, 5.74) is 0.947. The lowest BCUT2D eigenvalue weighted by atomic mass is 9.94. The first-order chi connectivity index (χ1) is 15.0. The Balaban J connectivity index is 0.00000102. The first-order valence-electron chi connectivity index (χ1n) is 10.3. The normalized spacial score (nSPS) is 16.3. The monoisotopic (exact) mass is 445 g/mol. The highest BCUT2D eigenvalue weighted by Gasteiger charge is 2.17. The smallest absolute Gasteiger partial charge is 0.407 e. The van der Waals surface area contributed by atoms with Gasteiger partial charge in [0.1, 0.15) is 6.10 Å². The molecule has 0 aromatic rings. The molecule has 3 atom stereocenters. The van der Waals surface area contributed by atoms with Crippen molar-refractivity contribution in [2.45, 2.75) is 72.1 Å². The standard InChI is InChI=1S/C18H23NO5.C6H8O2/c1-4-23-18(22)19-16-7-5-6-15(12-16)10-11-17(21)24-14(3)9-8-13(2)20;1-5(7)3-4-6(2)8/h6,10-11,14,16H,4-5,7,12H2,1-3H3,(H,19,22);5,7H,1-2H3/b11-10+;/t14-,16-;5-/m11/s1. The van der Waals surface area contributed by atoms with Crippen LogP contribution in [0.1, 0.15) is 53.9 Å². The number of Topliss-reactive ketones (excluding diaryl/α,β-unsaturated/α-hetero) is 2. The van der Waals surface area contributed by atoms with E-state index in [1.807, 2.05) is 6.08 Å². The number of carbonyl (C=O) groups excluding carboxylic acids is 4. The molecule has 0 unspecified atom stereocenters. The van der Waals surface area contributed by atoms with Gasteiger partial charge >= 0.3 is 12.1 Å². The maximum absolute atomic E-state index is 11.7.